The molecule has 0 spiro atoms. The van der Waals surface area contributed by atoms with Crippen LogP contribution in [0, 0.1) is 0 Å². The smallest absolute Gasteiger partial charge is 0.341 e. The molecule has 1 saturated carbocycles. The summed E-state index contributed by atoms with van der Waals surface area (Å²) >= 11 is 0. The van der Waals surface area contributed by atoms with Crippen LogP contribution in [0.25, 0.3) is 5.65 Å². The van der Waals surface area contributed by atoms with Gasteiger partial charge in [-0.3, -0.25) is 0 Å². The average Bonchev–Trinajstić information content (AvgIpc) is 3.05. The van der Waals surface area contributed by atoms with Gasteiger partial charge in [-0.25, -0.2) is 14.3 Å². The van der Waals surface area contributed by atoms with Crippen LogP contribution in [0.4, 0.5) is 0 Å². The third-order valence-corrected chi connectivity index (χ3v) is 2.91. The average molecular weight is 231 g/mol. The van der Waals surface area contributed by atoms with Crippen molar-refractivity contribution < 1.29 is 9.53 Å². The predicted octanol–water partition coefficient (Wildman–Crippen LogP) is 1.78. The molecule has 0 aromatic carbocycles. The number of hydrogen-bond donors (Lipinski definition) is 0. The van der Waals surface area contributed by atoms with Crippen molar-refractivity contribution in [3.05, 3.63) is 29.7 Å². The maximum Gasteiger partial charge on any atom is 0.341 e. The van der Waals surface area contributed by atoms with Gasteiger partial charge in [0.05, 0.1) is 24.1 Å². The highest BCUT2D eigenvalue weighted by molar-refractivity contribution is 5.91. The third kappa shape index (κ3) is 1.67. The highest BCUT2D eigenvalue weighted by Gasteiger charge is 2.32. The van der Waals surface area contributed by atoms with Crippen LogP contribution < -0.4 is 0 Å². The predicted molar refractivity (Wildman–Crippen MR) is 60.9 cm³/mol. The van der Waals surface area contributed by atoms with E-state index in [1.165, 1.54) is 0 Å². The Morgan fingerprint density at radius 3 is 3.12 bits per heavy atom. The van der Waals surface area contributed by atoms with Gasteiger partial charge < -0.3 is 4.74 Å². The topological polar surface area (TPSA) is 56.5 Å². The van der Waals surface area contributed by atoms with Crippen molar-refractivity contribution >= 4 is 11.6 Å². The largest absolute Gasteiger partial charge is 0.462 e. The van der Waals surface area contributed by atoms with E-state index in [1.54, 1.807) is 23.8 Å². The van der Waals surface area contributed by atoms with Crippen LogP contribution >= 0.6 is 0 Å². The minimum Gasteiger partial charge on any atom is -0.462 e. The van der Waals surface area contributed by atoms with Crippen LogP contribution in [0.2, 0.25) is 0 Å². The highest BCUT2D eigenvalue weighted by Crippen LogP contribution is 2.41. The summed E-state index contributed by atoms with van der Waals surface area (Å²) in [6.07, 6.45) is 5.50. The molecule has 0 atom stereocenters. The van der Waals surface area contributed by atoms with Gasteiger partial charge >= 0.3 is 5.97 Å². The van der Waals surface area contributed by atoms with Crippen LogP contribution in [0.15, 0.2) is 18.5 Å². The minimum atomic E-state index is -0.306. The summed E-state index contributed by atoms with van der Waals surface area (Å²) in [5, 5.41) is 4.23. The first kappa shape index (κ1) is 10.3. The zero-order valence-electron chi connectivity index (χ0n) is 9.59. The Balaban J connectivity index is 2.16. The first-order valence-electron chi connectivity index (χ1n) is 5.81. The Bertz CT molecular complexity index is 572. The Labute approximate surface area is 98.4 Å². The third-order valence-electron chi connectivity index (χ3n) is 2.91. The van der Waals surface area contributed by atoms with Crippen molar-refractivity contribution in [3.63, 3.8) is 0 Å². The van der Waals surface area contributed by atoms with E-state index in [0.717, 1.165) is 24.2 Å². The molecule has 1 fully saturated rings. The molecule has 3 rings (SSSR count). The number of ether oxygens (including phenoxy) is 1. The van der Waals surface area contributed by atoms with E-state index in [1.807, 2.05) is 6.07 Å². The van der Waals surface area contributed by atoms with E-state index >= 15 is 0 Å². The lowest BCUT2D eigenvalue weighted by Gasteiger charge is -2.09. The lowest BCUT2D eigenvalue weighted by Crippen LogP contribution is -2.12. The molecule has 1 aliphatic carbocycles. The number of hydrogen-bond acceptors (Lipinski definition) is 4. The van der Waals surface area contributed by atoms with Crippen LogP contribution in [-0.2, 0) is 4.74 Å². The van der Waals surface area contributed by atoms with E-state index in [-0.39, 0.29) is 5.97 Å². The molecule has 2 aromatic rings. The fourth-order valence-electron chi connectivity index (χ4n) is 2.01. The van der Waals surface area contributed by atoms with E-state index in [9.17, 15) is 4.79 Å². The van der Waals surface area contributed by atoms with Gasteiger partial charge in [0.15, 0.2) is 5.65 Å². The highest BCUT2D eigenvalue weighted by atomic mass is 16.5. The van der Waals surface area contributed by atoms with E-state index in [2.05, 4.69) is 10.1 Å². The van der Waals surface area contributed by atoms with Crippen molar-refractivity contribution in [2.24, 2.45) is 0 Å². The van der Waals surface area contributed by atoms with Gasteiger partial charge in [-0.15, -0.1) is 0 Å². The first-order valence-corrected chi connectivity index (χ1v) is 5.81. The standard InChI is InChI=1S/C12H13N3O2/c1-2-17-12(16)9-7-13-10-5-6-14-15(10)11(9)8-3-4-8/h5-8H,2-4H2,1H3. The van der Waals surface area contributed by atoms with E-state index in [4.69, 9.17) is 4.74 Å². The molecule has 2 aromatic heterocycles. The fourth-order valence-corrected chi connectivity index (χ4v) is 2.01. The molecule has 0 N–H and O–H groups in total. The van der Waals surface area contributed by atoms with Crippen molar-refractivity contribution in [3.8, 4) is 0 Å². The number of aromatic nitrogens is 3. The molecular weight excluding hydrogens is 218 g/mol. The summed E-state index contributed by atoms with van der Waals surface area (Å²) in [6.45, 7) is 2.18. The zero-order valence-corrected chi connectivity index (χ0v) is 9.59. The Kier molecular flexibility index (Phi) is 2.31. The molecule has 17 heavy (non-hydrogen) atoms. The second-order valence-electron chi connectivity index (χ2n) is 4.15. The van der Waals surface area contributed by atoms with Gasteiger partial charge in [-0.1, -0.05) is 0 Å². The second kappa shape index (κ2) is 3.84. The Morgan fingerprint density at radius 2 is 2.41 bits per heavy atom. The first-order chi connectivity index (χ1) is 8.31. The lowest BCUT2D eigenvalue weighted by atomic mass is 10.1. The molecule has 0 saturated heterocycles. The molecule has 88 valence electrons. The number of esters is 1. The molecule has 0 amide bonds. The van der Waals surface area contributed by atoms with Gasteiger partial charge in [0, 0.05) is 18.2 Å². The quantitative estimate of drug-likeness (QED) is 0.755. The van der Waals surface area contributed by atoms with Crippen LogP contribution in [0.5, 0.6) is 0 Å². The maximum atomic E-state index is 11.9. The number of carbonyl (C=O) groups is 1. The molecule has 0 radical (unpaired) electrons. The molecule has 2 heterocycles. The molecule has 0 unspecified atom stereocenters. The number of nitrogens with zero attached hydrogens (tertiary/aromatic N) is 3. The molecule has 5 heteroatoms. The van der Waals surface area contributed by atoms with Gasteiger partial charge in [0.25, 0.3) is 0 Å². The van der Waals surface area contributed by atoms with Crippen molar-refractivity contribution in [1.82, 2.24) is 14.6 Å². The molecule has 0 bridgehead atoms. The summed E-state index contributed by atoms with van der Waals surface area (Å²) in [7, 11) is 0. The molecule has 0 aliphatic heterocycles. The van der Waals surface area contributed by atoms with Gasteiger partial charge in [0.2, 0.25) is 0 Å². The van der Waals surface area contributed by atoms with E-state index in [0.29, 0.717) is 18.1 Å². The molecular formula is C12H13N3O2. The summed E-state index contributed by atoms with van der Waals surface area (Å²) in [4.78, 5) is 16.1. The second-order valence-corrected chi connectivity index (χ2v) is 4.15. The molecule has 5 nitrogen and oxygen atoms in total. The van der Waals surface area contributed by atoms with Crippen LogP contribution in [0.1, 0.15) is 41.7 Å². The zero-order chi connectivity index (χ0) is 11.8. The van der Waals surface area contributed by atoms with Gasteiger partial charge in [0.1, 0.15) is 0 Å². The van der Waals surface area contributed by atoms with Crippen molar-refractivity contribution in [2.45, 2.75) is 25.7 Å². The van der Waals surface area contributed by atoms with Crippen molar-refractivity contribution in [1.29, 1.82) is 0 Å². The lowest BCUT2D eigenvalue weighted by molar-refractivity contribution is 0.0523. The van der Waals surface area contributed by atoms with Gasteiger partial charge in [-0.05, 0) is 19.8 Å². The maximum absolute atomic E-state index is 11.9. The van der Waals surface area contributed by atoms with Crippen LogP contribution in [0.3, 0.4) is 0 Å². The summed E-state index contributed by atoms with van der Waals surface area (Å²) in [5.41, 5.74) is 2.27. The SMILES string of the molecule is CCOC(=O)c1cnc2ccnn2c1C1CC1. The fraction of sp³-hybridized carbons (Fsp3) is 0.417. The Morgan fingerprint density at radius 1 is 1.59 bits per heavy atom. The Hall–Kier alpha value is -1.91. The summed E-state index contributed by atoms with van der Waals surface area (Å²) in [6, 6.07) is 1.83. The van der Waals surface area contributed by atoms with Gasteiger partial charge in [-0.2, -0.15) is 5.10 Å². The summed E-state index contributed by atoms with van der Waals surface area (Å²) in [5.74, 6) is 0.110. The number of rotatable bonds is 3. The van der Waals surface area contributed by atoms with Crippen LogP contribution in [-0.4, -0.2) is 27.2 Å². The monoisotopic (exact) mass is 231 g/mol. The molecule has 1 aliphatic rings. The normalized spacial score (nSPS) is 15.1. The number of carbonyl (C=O) groups excluding carboxylic acids is 1. The number of fused-ring (bicyclic) bond motifs is 1. The summed E-state index contributed by atoms with van der Waals surface area (Å²) < 4.78 is 6.81. The van der Waals surface area contributed by atoms with E-state index < -0.39 is 0 Å². The van der Waals surface area contributed by atoms with Crippen molar-refractivity contribution in [2.75, 3.05) is 6.61 Å². The minimum absolute atomic E-state index is 0.306.